The molecule has 1 aliphatic heterocycles. The van der Waals surface area contributed by atoms with E-state index in [0.717, 1.165) is 19.4 Å². The van der Waals surface area contributed by atoms with E-state index < -0.39 is 11.0 Å². The SMILES string of the molecule is CC(C(=O)Nc1cccc([N+](=O)[O-])c1)N1CCCC(O)C1. The van der Waals surface area contributed by atoms with Crippen molar-refractivity contribution in [1.82, 2.24) is 4.90 Å². The zero-order valence-electron chi connectivity index (χ0n) is 11.9. The van der Waals surface area contributed by atoms with E-state index in [1.54, 1.807) is 13.0 Å². The molecule has 1 heterocycles. The fraction of sp³-hybridized carbons (Fsp3) is 0.500. The molecule has 1 aromatic carbocycles. The summed E-state index contributed by atoms with van der Waals surface area (Å²) in [6, 6.07) is 5.46. The number of aliphatic hydroxyl groups excluding tert-OH is 1. The van der Waals surface area contributed by atoms with Crippen molar-refractivity contribution in [3.05, 3.63) is 34.4 Å². The molecular weight excluding hydrogens is 274 g/mol. The second-order valence-corrected chi connectivity index (χ2v) is 5.26. The summed E-state index contributed by atoms with van der Waals surface area (Å²) in [5, 5.41) is 23.0. The highest BCUT2D eigenvalue weighted by molar-refractivity contribution is 5.94. The van der Waals surface area contributed by atoms with E-state index >= 15 is 0 Å². The van der Waals surface area contributed by atoms with Crippen LogP contribution in [0.25, 0.3) is 0 Å². The summed E-state index contributed by atoms with van der Waals surface area (Å²) in [6.45, 7) is 3.01. The van der Waals surface area contributed by atoms with Crippen LogP contribution in [0.3, 0.4) is 0 Å². The monoisotopic (exact) mass is 293 g/mol. The number of nitro benzene ring substituents is 1. The molecule has 2 unspecified atom stereocenters. The van der Waals surface area contributed by atoms with Crippen molar-refractivity contribution in [2.75, 3.05) is 18.4 Å². The number of carbonyl (C=O) groups is 1. The largest absolute Gasteiger partial charge is 0.392 e. The Kier molecular flexibility index (Phi) is 4.87. The lowest BCUT2D eigenvalue weighted by Gasteiger charge is -2.33. The number of anilines is 1. The zero-order chi connectivity index (χ0) is 15.4. The van der Waals surface area contributed by atoms with Gasteiger partial charge in [-0.25, -0.2) is 0 Å². The summed E-state index contributed by atoms with van der Waals surface area (Å²) in [4.78, 5) is 24.3. The van der Waals surface area contributed by atoms with Crippen molar-refractivity contribution in [3.63, 3.8) is 0 Å². The Hall–Kier alpha value is -1.99. The lowest BCUT2D eigenvalue weighted by Crippen LogP contribution is -2.48. The number of nitro groups is 1. The predicted molar refractivity (Wildman–Crippen MR) is 78.0 cm³/mol. The minimum atomic E-state index is -0.500. The zero-order valence-corrected chi connectivity index (χ0v) is 11.9. The Balaban J connectivity index is 2.00. The van der Waals surface area contributed by atoms with Crippen molar-refractivity contribution in [2.45, 2.75) is 31.9 Å². The van der Waals surface area contributed by atoms with Gasteiger partial charge in [0.25, 0.3) is 5.69 Å². The van der Waals surface area contributed by atoms with Crippen LogP contribution in [-0.2, 0) is 4.79 Å². The summed E-state index contributed by atoms with van der Waals surface area (Å²) in [7, 11) is 0. The molecule has 0 radical (unpaired) electrons. The lowest BCUT2D eigenvalue weighted by molar-refractivity contribution is -0.384. The Morgan fingerprint density at radius 2 is 2.33 bits per heavy atom. The Bertz CT molecular complexity index is 535. The molecule has 0 saturated carbocycles. The molecule has 1 saturated heterocycles. The molecule has 2 atom stereocenters. The van der Waals surface area contributed by atoms with Gasteiger partial charge in [0, 0.05) is 24.4 Å². The number of hydrogen-bond acceptors (Lipinski definition) is 5. The van der Waals surface area contributed by atoms with E-state index in [-0.39, 0.29) is 17.6 Å². The van der Waals surface area contributed by atoms with Crippen LogP contribution in [0.5, 0.6) is 0 Å². The Morgan fingerprint density at radius 1 is 1.57 bits per heavy atom. The number of hydrogen-bond donors (Lipinski definition) is 2. The first kappa shape index (κ1) is 15.4. The topological polar surface area (TPSA) is 95.7 Å². The number of nitrogens with one attached hydrogen (secondary N) is 1. The molecule has 1 aromatic rings. The molecular formula is C14H19N3O4. The summed E-state index contributed by atoms with van der Waals surface area (Å²) >= 11 is 0. The first-order chi connectivity index (χ1) is 9.97. The molecule has 114 valence electrons. The highest BCUT2D eigenvalue weighted by Crippen LogP contribution is 2.18. The normalized spacial score (nSPS) is 20.8. The molecule has 1 fully saturated rings. The van der Waals surface area contributed by atoms with E-state index in [1.807, 2.05) is 4.90 Å². The smallest absolute Gasteiger partial charge is 0.271 e. The number of amides is 1. The van der Waals surface area contributed by atoms with E-state index in [4.69, 9.17) is 0 Å². The molecule has 1 amide bonds. The van der Waals surface area contributed by atoms with Gasteiger partial charge in [0.05, 0.1) is 17.1 Å². The molecule has 0 aromatic heterocycles. The highest BCUT2D eigenvalue weighted by Gasteiger charge is 2.26. The Labute approximate surface area is 122 Å². The fourth-order valence-electron chi connectivity index (χ4n) is 2.44. The first-order valence-electron chi connectivity index (χ1n) is 6.95. The standard InChI is InChI=1S/C14H19N3O4/c1-10(16-7-3-6-13(18)9-16)14(19)15-11-4-2-5-12(8-11)17(20)21/h2,4-5,8,10,13,18H,3,6-7,9H2,1H3,(H,15,19). The number of benzene rings is 1. The van der Waals surface area contributed by atoms with Gasteiger partial charge >= 0.3 is 0 Å². The summed E-state index contributed by atoms with van der Waals surface area (Å²) in [6.07, 6.45) is 1.22. The molecule has 2 rings (SSSR count). The van der Waals surface area contributed by atoms with Gasteiger partial charge in [0.2, 0.25) is 5.91 Å². The van der Waals surface area contributed by atoms with Crippen molar-refractivity contribution in [3.8, 4) is 0 Å². The number of likely N-dealkylation sites (tertiary alicyclic amines) is 1. The quantitative estimate of drug-likeness (QED) is 0.646. The lowest BCUT2D eigenvalue weighted by atomic mass is 10.1. The number of aliphatic hydroxyl groups is 1. The van der Waals surface area contributed by atoms with Crippen LogP contribution in [-0.4, -0.2) is 46.1 Å². The summed E-state index contributed by atoms with van der Waals surface area (Å²) in [5.41, 5.74) is 0.340. The number of piperidine rings is 1. The van der Waals surface area contributed by atoms with Gasteiger partial charge in [0.1, 0.15) is 0 Å². The van der Waals surface area contributed by atoms with Crippen molar-refractivity contribution < 1.29 is 14.8 Å². The van der Waals surface area contributed by atoms with E-state index in [2.05, 4.69) is 5.32 Å². The van der Waals surface area contributed by atoms with Gasteiger partial charge in [-0.05, 0) is 32.4 Å². The van der Waals surface area contributed by atoms with Crippen LogP contribution in [0.4, 0.5) is 11.4 Å². The van der Waals surface area contributed by atoms with Crippen LogP contribution < -0.4 is 5.32 Å². The van der Waals surface area contributed by atoms with E-state index in [0.29, 0.717) is 12.2 Å². The maximum atomic E-state index is 12.2. The molecule has 21 heavy (non-hydrogen) atoms. The number of rotatable bonds is 4. The van der Waals surface area contributed by atoms with Gasteiger partial charge in [-0.1, -0.05) is 6.07 Å². The molecule has 7 heteroatoms. The van der Waals surface area contributed by atoms with Crippen LogP contribution in [0.15, 0.2) is 24.3 Å². The van der Waals surface area contributed by atoms with E-state index in [9.17, 15) is 20.0 Å². The highest BCUT2D eigenvalue weighted by atomic mass is 16.6. The number of carbonyl (C=O) groups excluding carboxylic acids is 1. The maximum Gasteiger partial charge on any atom is 0.271 e. The van der Waals surface area contributed by atoms with Crippen LogP contribution in [0, 0.1) is 10.1 Å². The van der Waals surface area contributed by atoms with Gasteiger partial charge in [-0.2, -0.15) is 0 Å². The van der Waals surface area contributed by atoms with Crippen molar-refractivity contribution >= 4 is 17.3 Å². The average molecular weight is 293 g/mol. The van der Waals surface area contributed by atoms with Gasteiger partial charge in [-0.15, -0.1) is 0 Å². The number of nitrogens with zero attached hydrogens (tertiary/aromatic N) is 2. The van der Waals surface area contributed by atoms with Crippen LogP contribution in [0.2, 0.25) is 0 Å². The average Bonchev–Trinajstić information content (AvgIpc) is 2.46. The third kappa shape index (κ3) is 3.99. The second-order valence-electron chi connectivity index (χ2n) is 5.26. The molecule has 0 bridgehead atoms. The molecule has 0 aliphatic carbocycles. The van der Waals surface area contributed by atoms with Gasteiger partial charge in [-0.3, -0.25) is 19.8 Å². The third-order valence-corrected chi connectivity index (χ3v) is 3.68. The third-order valence-electron chi connectivity index (χ3n) is 3.68. The predicted octanol–water partition coefficient (Wildman–Crippen LogP) is 1.38. The Morgan fingerprint density at radius 3 is 3.00 bits per heavy atom. The van der Waals surface area contributed by atoms with Crippen LogP contribution >= 0.6 is 0 Å². The van der Waals surface area contributed by atoms with Crippen LogP contribution in [0.1, 0.15) is 19.8 Å². The minimum absolute atomic E-state index is 0.0613. The molecule has 2 N–H and O–H groups in total. The van der Waals surface area contributed by atoms with Gasteiger partial charge in [0.15, 0.2) is 0 Å². The van der Waals surface area contributed by atoms with Gasteiger partial charge < -0.3 is 10.4 Å². The van der Waals surface area contributed by atoms with Crippen molar-refractivity contribution in [2.24, 2.45) is 0 Å². The van der Waals surface area contributed by atoms with Crippen molar-refractivity contribution in [1.29, 1.82) is 0 Å². The minimum Gasteiger partial charge on any atom is -0.392 e. The number of non-ortho nitro benzene ring substituents is 1. The second kappa shape index (κ2) is 6.64. The molecule has 1 aliphatic rings. The molecule has 7 nitrogen and oxygen atoms in total. The maximum absolute atomic E-state index is 12.2. The summed E-state index contributed by atoms with van der Waals surface area (Å²) in [5.74, 6) is -0.232. The first-order valence-corrected chi connectivity index (χ1v) is 6.95. The molecule has 0 spiro atoms. The number of β-amino-alcohol motifs (C(OH)–C–C–N with tert-alkyl or cyclic N) is 1. The fourth-order valence-corrected chi connectivity index (χ4v) is 2.44. The summed E-state index contributed by atoms with van der Waals surface area (Å²) < 4.78 is 0. The van der Waals surface area contributed by atoms with E-state index in [1.165, 1.54) is 18.2 Å².